The summed E-state index contributed by atoms with van der Waals surface area (Å²) in [6.07, 6.45) is 2.25. The number of carboxylic acid groups (broad SMARTS) is 1. The zero-order valence-corrected chi connectivity index (χ0v) is 11.1. The molecular formula is C8H8KNO4. The van der Waals surface area contributed by atoms with Gasteiger partial charge in [0.25, 0.3) is 11.8 Å². The predicted molar refractivity (Wildman–Crippen MR) is 40.1 cm³/mol. The molecule has 0 spiro atoms. The fourth-order valence-electron chi connectivity index (χ4n) is 1.17. The largest absolute Gasteiger partial charge is 1.00 e. The van der Waals surface area contributed by atoms with Crippen molar-refractivity contribution in [3.63, 3.8) is 0 Å². The maximum absolute atomic E-state index is 11.0. The Bertz CT molecular complexity index is 282. The van der Waals surface area contributed by atoms with Crippen molar-refractivity contribution < 1.29 is 70.9 Å². The van der Waals surface area contributed by atoms with E-state index in [2.05, 4.69) is 0 Å². The first-order valence-electron chi connectivity index (χ1n) is 3.84. The molecule has 0 aliphatic carbocycles. The molecule has 0 N–H and O–H groups in total. The molecule has 0 radical (unpaired) electrons. The first kappa shape index (κ1) is 14.0. The Balaban J connectivity index is 0.00000169. The van der Waals surface area contributed by atoms with Gasteiger partial charge in [-0.15, -0.1) is 0 Å². The number of carbonyl (C=O) groups is 3. The molecule has 0 bridgehead atoms. The Labute approximate surface area is 124 Å². The van der Waals surface area contributed by atoms with E-state index >= 15 is 0 Å². The van der Waals surface area contributed by atoms with Gasteiger partial charge in [0.15, 0.2) is 0 Å². The van der Waals surface area contributed by atoms with Crippen molar-refractivity contribution in [2.75, 3.05) is 0 Å². The van der Waals surface area contributed by atoms with Gasteiger partial charge in [-0.1, -0.05) is 6.92 Å². The van der Waals surface area contributed by atoms with E-state index in [1.165, 1.54) is 0 Å². The summed E-state index contributed by atoms with van der Waals surface area (Å²) in [5.41, 5.74) is 0. The Morgan fingerprint density at radius 1 is 1.43 bits per heavy atom. The summed E-state index contributed by atoms with van der Waals surface area (Å²) >= 11 is 0. The Kier molecular flexibility index (Phi) is 5.76. The Morgan fingerprint density at radius 3 is 2.14 bits per heavy atom. The number of imide groups is 1. The minimum Gasteiger partial charge on any atom is -0.548 e. The van der Waals surface area contributed by atoms with E-state index < -0.39 is 23.8 Å². The van der Waals surface area contributed by atoms with Crippen LogP contribution in [0.2, 0.25) is 0 Å². The van der Waals surface area contributed by atoms with Gasteiger partial charge in [-0.25, -0.2) is 0 Å². The molecule has 1 unspecified atom stereocenters. The van der Waals surface area contributed by atoms with Crippen LogP contribution in [0.5, 0.6) is 0 Å². The van der Waals surface area contributed by atoms with Gasteiger partial charge < -0.3 is 9.90 Å². The van der Waals surface area contributed by atoms with Gasteiger partial charge in [0.05, 0.1) is 12.0 Å². The molecular weight excluding hydrogens is 213 g/mol. The molecule has 6 heteroatoms. The van der Waals surface area contributed by atoms with Crippen molar-refractivity contribution >= 4 is 17.8 Å². The molecule has 5 nitrogen and oxygen atoms in total. The van der Waals surface area contributed by atoms with Gasteiger partial charge >= 0.3 is 51.4 Å². The summed E-state index contributed by atoms with van der Waals surface area (Å²) in [4.78, 5) is 33.2. The van der Waals surface area contributed by atoms with E-state index in [-0.39, 0.29) is 57.8 Å². The summed E-state index contributed by atoms with van der Waals surface area (Å²) < 4.78 is 0. The zero-order chi connectivity index (χ0) is 10.0. The molecule has 1 aliphatic rings. The fraction of sp³-hybridized carbons (Fsp3) is 0.375. The number of carbonyl (C=O) groups excluding carboxylic acids is 3. The van der Waals surface area contributed by atoms with Crippen molar-refractivity contribution in [2.24, 2.45) is 0 Å². The molecule has 1 heterocycles. The molecule has 0 aromatic rings. The van der Waals surface area contributed by atoms with E-state index in [1.54, 1.807) is 6.92 Å². The summed E-state index contributed by atoms with van der Waals surface area (Å²) in [6, 6.07) is -1.16. The Morgan fingerprint density at radius 2 is 1.86 bits per heavy atom. The number of rotatable bonds is 3. The second kappa shape index (κ2) is 5.77. The number of hydrogen-bond acceptors (Lipinski definition) is 4. The average Bonchev–Trinajstić information content (AvgIpc) is 2.36. The first-order chi connectivity index (χ1) is 6.07. The van der Waals surface area contributed by atoms with Crippen LogP contribution < -0.4 is 56.5 Å². The van der Waals surface area contributed by atoms with Gasteiger partial charge in [-0.3, -0.25) is 14.5 Å². The molecule has 70 valence electrons. The topological polar surface area (TPSA) is 77.5 Å². The van der Waals surface area contributed by atoms with Crippen LogP contribution in [0, 0.1) is 0 Å². The smallest absolute Gasteiger partial charge is 0.548 e. The molecule has 14 heavy (non-hydrogen) atoms. The molecule has 1 atom stereocenters. The van der Waals surface area contributed by atoms with Crippen molar-refractivity contribution in [1.29, 1.82) is 0 Å². The van der Waals surface area contributed by atoms with Crippen molar-refractivity contribution in [2.45, 2.75) is 19.4 Å². The van der Waals surface area contributed by atoms with Crippen molar-refractivity contribution in [3.8, 4) is 0 Å². The number of nitrogens with zero attached hydrogens (tertiary/aromatic N) is 1. The quantitative estimate of drug-likeness (QED) is 0.355. The molecule has 0 aromatic carbocycles. The summed E-state index contributed by atoms with van der Waals surface area (Å²) in [5.74, 6) is -2.60. The van der Waals surface area contributed by atoms with Gasteiger partial charge in [0.2, 0.25) is 0 Å². The van der Waals surface area contributed by atoms with Crippen LogP contribution >= 0.6 is 0 Å². The third kappa shape index (κ3) is 2.74. The summed E-state index contributed by atoms with van der Waals surface area (Å²) in [7, 11) is 0. The maximum atomic E-state index is 11.0. The molecule has 1 aliphatic heterocycles. The zero-order valence-electron chi connectivity index (χ0n) is 8.02. The minimum atomic E-state index is -1.41. The predicted octanol–water partition coefficient (Wildman–Crippen LogP) is -4.56. The number of carboxylic acids is 1. The third-order valence-electron chi connectivity index (χ3n) is 1.81. The van der Waals surface area contributed by atoms with Crippen LogP contribution in [0.4, 0.5) is 0 Å². The second-order valence-electron chi connectivity index (χ2n) is 2.62. The van der Waals surface area contributed by atoms with E-state index in [0.29, 0.717) is 4.90 Å². The van der Waals surface area contributed by atoms with Crippen LogP contribution in [0.15, 0.2) is 12.2 Å². The van der Waals surface area contributed by atoms with Gasteiger partial charge in [0.1, 0.15) is 0 Å². The van der Waals surface area contributed by atoms with Gasteiger partial charge in [-0.05, 0) is 6.42 Å². The Hall–Kier alpha value is -0.0136. The summed E-state index contributed by atoms with van der Waals surface area (Å²) in [5, 5.41) is 10.5. The minimum absolute atomic E-state index is 0. The molecule has 0 saturated carbocycles. The van der Waals surface area contributed by atoms with E-state index in [4.69, 9.17) is 0 Å². The molecule has 2 amide bonds. The van der Waals surface area contributed by atoms with E-state index in [1.807, 2.05) is 0 Å². The van der Waals surface area contributed by atoms with Crippen LogP contribution in [-0.4, -0.2) is 28.7 Å². The number of hydrogen-bond donors (Lipinski definition) is 0. The van der Waals surface area contributed by atoms with Gasteiger partial charge in [0, 0.05) is 12.2 Å². The van der Waals surface area contributed by atoms with Gasteiger partial charge in [-0.2, -0.15) is 0 Å². The van der Waals surface area contributed by atoms with Crippen molar-refractivity contribution in [3.05, 3.63) is 12.2 Å². The standard InChI is InChI=1S/C8H9NO4.K/c1-2-5(8(12)13)9-6(10)3-4-7(9)11;/h3-5H,2H2,1H3,(H,12,13);/q;+1/p-1. The molecule has 0 saturated heterocycles. The SMILES string of the molecule is CCC(C(=O)[O-])N1C(=O)C=CC1=O.[K+]. The summed E-state index contributed by atoms with van der Waals surface area (Å²) in [6.45, 7) is 1.57. The number of aliphatic carboxylic acids is 1. The maximum Gasteiger partial charge on any atom is 1.00 e. The van der Waals surface area contributed by atoms with Crippen LogP contribution in [0.1, 0.15) is 13.3 Å². The molecule has 0 aromatic heterocycles. The van der Waals surface area contributed by atoms with Crippen LogP contribution in [0.25, 0.3) is 0 Å². The normalized spacial score (nSPS) is 16.8. The molecule has 0 fully saturated rings. The number of amides is 2. The van der Waals surface area contributed by atoms with Crippen molar-refractivity contribution in [1.82, 2.24) is 4.90 Å². The fourth-order valence-corrected chi connectivity index (χ4v) is 1.17. The van der Waals surface area contributed by atoms with Crippen LogP contribution in [0.3, 0.4) is 0 Å². The van der Waals surface area contributed by atoms with E-state index in [9.17, 15) is 19.5 Å². The average molecular weight is 221 g/mol. The first-order valence-corrected chi connectivity index (χ1v) is 3.84. The van der Waals surface area contributed by atoms with Crippen LogP contribution in [-0.2, 0) is 14.4 Å². The molecule has 1 rings (SSSR count). The third-order valence-corrected chi connectivity index (χ3v) is 1.81. The van der Waals surface area contributed by atoms with E-state index in [0.717, 1.165) is 12.2 Å². The second-order valence-corrected chi connectivity index (χ2v) is 2.62. The monoisotopic (exact) mass is 221 g/mol.